The second kappa shape index (κ2) is 70.1. The number of hydrogen-bond acceptors (Lipinski definition) is 6. The van der Waals surface area contributed by atoms with Crippen LogP contribution in [0.2, 0.25) is 0 Å². The van der Waals surface area contributed by atoms with E-state index in [2.05, 4.69) is 57.2 Å². The van der Waals surface area contributed by atoms with E-state index in [1.165, 1.54) is 295 Å². The van der Waals surface area contributed by atoms with Gasteiger partial charge in [-0.3, -0.25) is 14.4 Å². The second-order valence-corrected chi connectivity index (χ2v) is 24.9. The molecule has 0 spiro atoms. The zero-order valence-corrected chi connectivity index (χ0v) is 54.8. The van der Waals surface area contributed by atoms with Crippen LogP contribution in [0.5, 0.6) is 0 Å². The molecule has 0 aromatic carbocycles. The van der Waals surface area contributed by atoms with E-state index in [0.717, 1.165) is 70.6 Å². The molecule has 0 heterocycles. The number of unbranched alkanes of at least 4 members (excludes halogenated alkanes) is 51. The Kier molecular flexibility index (Phi) is 68.1. The van der Waals surface area contributed by atoms with Crippen molar-refractivity contribution in [3.63, 3.8) is 0 Å². The van der Waals surface area contributed by atoms with E-state index in [4.69, 9.17) is 14.2 Å². The maximum atomic E-state index is 13.0. The van der Waals surface area contributed by atoms with Crippen molar-refractivity contribution in [2.75, 3.05) is 13.2 Å². The van der Waals surface area contributed by atoms with E-state index in [1.54, 1.807) is 0 Å². The van der Waals surface area contributed by atoms with Crippen LogP contribution in [-0.4, -0.2) is 37.2 Å². The predicted molar refractivity (Wildman–Crippen MR) is 353 cm³/mol. The highest BCUT2D eigenvalue weighted by Gasteiger charge is 2.19. The van der Waals surface area contributed by atoms with E-state index in [0.29, 0.717) is 19.3 Å². The summed E-state index contributed by atoms with van der Waals surface area (Å²) in [5.41, 5.74) is 0. The van der Waals surface area contributed by atoms with Gasteiger partial charge in [-0.25, -0.2) is 0 Å². The largest absolute Gasteiger partial charge is 0.462 e. The van der Waals surface area contributed by atoms with Crippen molar-refractivity contribution in [2.24, 2.45) is 0 Å². The molecule has 0 rings (SSSR count). The van der Waals surface area contributed by atoms with Crippen molar-refractivity contribution in [3.05, 3.63) is 36.5 Å². The van der Waals surface area contributed by atoms with Crippen molar-refractivity contribution >= 4 is 17.9 Å². The number of ether oxygens (including phenoxy) is 3. The molecule has 0 aromatic rings. The Morgan fingerprint density at radius 3 is 0.691 bits per heavy atom. The molecule has 0 amide bonds. The van der Waals surface area contributed by atoms with Gasteiger partial charge in [-0.15, -0.1) is 0 Å². The maximum Gasteiger partial charge on any atom is 0.306 e. The minimum Gasteiger partial charge on any atom is -0.462 e. The molecule has 0 aliphatic rings. The first-order valence-corrected chi connectivity index (χ1v) is 36.5. The molecule has 1 atom stereocenters. The molecule has 6 nitrogen and oxygen atoms in total. The van der Waals surface area contributed by atoms with Gasteiger partial charge in [0.2, 0.25) is 0 Å². The van der Waals surface area contributed by atoms with Gasteiger partial charge in [-0.1, -0.05) is 346 Å². The van der Waals surface area contributed by atoms with Gasteiger partial charge in [-0.2, -0.15) is 0 Å². The summed E-state index contributed by atoms with van der Waals surface area (Å²) in [5, 5.41) is 0. The van der Waals surface area contributed by atoms with Crippen LogP contribution in [-0.2, 0) is 28.6 Å². The number of hydrogen-bond donors (Lipinski definition) is 0. The van der Waals surface area contributed by atoms with Crippen molar-refractivity contribution in [2.45, 2.75) is 412 Å². The van der Waals surface area contributed by atoms with Crippen LogP contribution in [0.1, 0.15) is 406 Å². The Labute approximate surface area is 506 Å². The van der Waals surface area contributed by atoms with Crippen LogP contribution in [0.4, 0.5) is 0 Å². The lowest BCUT2D eigenvalue weighted by Crippen LogP contribution is -2.30. The SMILES string of the molecule is CCCCCCC/C=C\C/C=C\CCCCCCCCCCCCCC(=O)OC(COC(=O)CCCCCCC/C=C\CCCCCCCC)COC(=O)CCCCCCCCCCCCCCCCCCCCCCCCCCC. The molecular formula is C75H140O6. The molecule has 0 N–H and O–H groups in total. The molecule has 0 fully saturated rings. The van der Waals surface area contributed by atoms with Gasteiger partial charge >= 0.3 is 17.9 Å². The fourth-order valence-corrected chi connectivity index (χ4v) is 11.1. The highest BCUT2D eigenvalue weighted by Crippen LogP contribution is 2.19. The lowest BCUT2D eigenvalue weighted by molar-refractivity contribution is -0.167. The van der Waals surface area contributed by atoms with E-state index in [1.807, 2.05) is 0 Å². The summed E-state index contributed by atoms with van der Waals surface area (Å²) >= 11 is 0. The average molecular weight is 1140 g/mol. The highest BCUT2D eigenvalue weighted by atomic mass is 16.6. The van der Waals surface area contributed by atoms with Gasteiger partial charge in [0.05, 0.1) is 0 Å². The van der Waals surface area contributed by atoms with Crippen LogP contribution in [0.15, 0.2) is 36.5 Å². The van der Waals surface area contributed by atoms with Crippen LogP contribution >= 0.6 is 0 Å². The van der Waals surface area contributed by atoms with Crippen LogP contribution < -0.4 is 0 Å². The van der Waals surface area contributed by atoms with Crippen molar-refractivity contribution in [1.82, 2.24) is 0 Å². The van der Waals surface area contributed by atoms with Gasteiger partial charge < -0.3 is 14.2 Å². The van der Waals surface area contributed by atoms with E-state index < -0.39 is 6.10 Å². The molecule has 476 valence electrons. The Hall–Kier alpha value is -2.37. The normalized spacial score (nSPS) is 12.2. The summed E-state index contributed by atoms with van der Waals surface area (Å²) in [6.07, 6.45) is 87.5. The maximum absolute atomic E-state index is 13.0. The monoisotopic (exact) mass is 1140 g/mol. The minimum atomic E-state index is -0.776. The molecular weight excluding hydrogens is 997 g/mol. The summed E-state index contributed by atoms with van der Waals surface area (Å²) in [4.78, 5) is 38.5. The first-order chi connectivity index (χ1) is 40.0. The molecule has 0 aliphatic carbocycles. The number of allylic oxidation sites excluding steroid dienone is 6. The average Bonchev–Trinajstić information content (AvgIpc) is 3.47. The third-order valence-corrected chi connectivity index (χ3v) is 16.6. The Morgan fingerprint density at radius 2 is 0.444 bits per heavy atom. The standard InChI is InChI=1S/C75H140O6/c1-4-7-10-13-16-19-22-25-28-30-32-34-36-37-39-40-42-44-47-50-53-56-59-62-65-68-74(77)80-71-72(70-79-73(76)67-64-61-58-55-52-49-46-27-24-21-18-15-12-9-6-3)81-75(78)69-66-63-60-57-54-51-48-45-43-41-38-35-33-31-29-26-23-20-17-14-11-8-5-2/h23,26-27,31,33,46,72H,4-22,24-25,28-30,32,34-45,47-71H2,1-3H3/b26-23-,33-31-,46-27-. The number of carbonyl (C=O) groups is 3. The minimum absolute atomic E-state index is 0.0705. The molecule has 0 radical (unpaired) electrons. The van der Waals surface area contributed by atoms with Crippen LogP contribution in [0.3, 0.4) is 0 Å². The summed E-state index contributed by atoms with van der Waals surface area (Å²) in [5.74, 6) is -0.851. The van der Waals surface area contributed by atoms with E-state index >= 15 is 0 Å². The van der Waals surface area contributed by atoms with Crippen LogP contribution in [0.25, 0.3) is 0 Å². The smallest absolute Gasteiger partial charge is 0.306 e. The first-order valence-electron chi connectivity index (χ1n) is 36.5. The number of esters is 3. The predicted octanol–water partition coefficient (Wildman–Crippen LogP) is 25.1. The summed E-state index contributed by atoms with van der Waals surface area (Å²) in [7, 11) is 0. The third kappa shape index (κ3) is 68.3. The van der Waals surface area contributed by atoms with Gasteiger partial charge in [0.15, 0.2) is 6.10 Å². The molecule has 0 saturated carbocycles. The summed E-state index contributed by atoms with van der Waals surface area (Å²) in [6, 6.07) is 0. The van der Waals surface area contributed by atoms with Crippen molar-refractivity contribution in [3.8, 4) is 0 Å². The number of carbonyl (C=O) groups excluding carboxylic acids is 3. The molecule has 0 aromatic heterocycles. The molecule has 1 unspecified atom stereocenters. The van der Waals surface area contributed by atoms with Gasteiger partial charge in [-0.05, 0) is 77.0 Å². The second-order valence-electron chi connectivity index (χ2n) is 24.9. The lowest BCUT2D eigenvalue weighted by atomic mass is 10.0. The molecule has 0 saturated heterocycles. The lowest BCUT2D eigenvalue weighted by Gasteiger charge is -2.18. The van der Waals surface area contributed by atoms with Crippen molar-refractivity contribution in [1.29, 1.82) is 0 Å². The zero-order valence-electron chi connectivity index (χ0n) is 54.8. The number of rotatable bonds is 68. The highest BCUT2D eigenvalue weighted by molar-refractivity contribution is 5.71. The van der Waals surface area contributed by atoms with Gasteiger partial charge in [0, 0.05) is 19.3 Å². The van der Waals surface area contributed by atoms with Crippen molar-refractivity contribution < 1.29 is 28.6 Å². The molecule has 0 bridgehead atoms. The summed E-state index contributed by atoms with van der Waals surface area (Å²) in [6.45, 7) is 6.70. The zero-order chi connectivity index (χ0) is 58.5. The van der Waals surface area contributed by atoms with E-state index in [-0.39, 0.29) is 31.1 Å². The van der Waals surface area contributed by atoms with Crippen LogP contribution in [0, 0.1) is 0 Å². The Balaban J connectivity index is 4.26. The first kappa shape index (κ1) is 78.6. The molecule has 6 heteroatoms. The fourth-order valence-electron chi connectivity index (χ4n) is 11.1. The fraction of sp³-hybridized carbons (Fsp3) is 0.880. The van der Waals surface area contributed by atoms with E-state index in [9.17, 15) is 14.4 Å². The Morgan fingerprint density at radius 1 is 0.247 bits per heavy atom. The summed E-state index contributed by atoms with van der Waals surface area (Å²) < 4.78 is 17.0. The Bertz CT molecular complexity index is 1350. The molecule has 0 aliphatic heterocycles. The van der Waals surface area contributed by atoms with Gasteiger partial charge in [0.1, 0.15) is 13.2 Å². The third-order valence-electron chi connectivity index (χ3n) is 16.6. The quantitative estimate of drug-likeness (QED) is 0.0261. The topological polar surface area (TPSA) is 78.9 Å². The van der Waals surface area contributed by atoms with Gasteiger partial charge in [0.25, 0.3) is 0 Å². The molecule has 81 heavy (non-hydrogen) atoms.